The molecule has 0 fully saturated rings. The molecule has 0 aromatic heterocycles. The summed E-state index contributed by atoms with van der Waals surface area (Å²) in [6.45, 7) is 4.16. The Balaban J connectivity index is 1.38. The summed E-state index contributed by atoms with van der Waals surface area (Å²) in [6.07, 6.45) is 25.8. The Kier molecular flexibility index (Phi) is 10.6. The number of methoxy groups -OCH3 is 1. The summed E-state index contributed by atoms with van der Waals surface area (Å²) in [5, 5.41) is 2.46. The second-order valence-electron chi connectivity index (χ2n) is 10.8. The minimum Gasteiger partial charge on any atom is -0.497 e. The van der Waals surface area contributed by atoms with Crippen LogP contribution >= 0.6 is 0 Å². The van der Waals surface area contributed by atoms with Crippen LogP contribution in [0.25, 0.3) is 22.4 Å². The summed E-state index contributed by atoms with van der Waals surface area (Å²) >= 11 is 0. The van der Waals surface area contributed by atoms with Crippen LogP contribution in [0, 0.1) is 5.92 Å². The van der Waals surface area contributed by atoms with E-state index in [4.69, 9.17) is 4.74 Å². The predicted octanol–water partition coefficient (Wildman–Crippen LogP) is 11.6. The van der Waals surface area contributed by atoms with E-state index >= 15 is 0 Å². The number of fused-ring (bicyclic) bond motifs is 1. The summed E-state index contributed by atoms with van der Waals surface area (Å²) in [5.41, 5.74) is 7.12. The van der Waals surface area contributed by atoms with Gasteiger partial charge in [0.2, 0.25) is 0 Å². The van der Waals surface area contributed by atoms with Crippen molar-refractivity contribution in [2.24, 2.45) is 5.92 Å². The van der Waals surface area contributed by atoms with Crippen LogP contribution in [0.5, 0.6) is 0 Å². The van der Waals surface area contributed by atoms with Gasteiger partial charge >= 0.3 is 0 Å². The molecule has 0 bridgehead atoms. The first-order valence-electron chi connectivity index (χ1n) is 15.4. The molecule has 0 heterocycles. The highest BCUT2D eigenvalue weighted by Crippen LogP contribution is 2.37. The third kappa shape index (κ3) is 7.85. The monoisotopic (exact) mass is 575 g/mol. The van der Waals surface area contributed by atoms with Crippen LogP contribution in [0.15, 0.2) is 169 Å². The largest absolute Gasteiger partial charge is 0.497 e. The average molecular weight is 576 g/mol. The van der Waals surface area contributed by atoms with Crippen molar-refractivity contribution in [3.05, 3.63) is 180 Å². The van der Waals surface area contributed by atoms with E-state index < -0.39 is 0 Å². The molecule has 1 atom stereocenters. The molecule has 0 aliphatic heterocycles. The molecule has 1 unspecified atom stereocenters. The molecule has 0 radical (unpaired) electrons. The third-order valence-corrected chi connectivity index (χ3v) is 7.64. The van der Waals surface area contributed by atoms with E-state index in [0.717, 1.165) is 30.0 Å². The molecule has 0 saturated carbocycles. The van der Waals surface area contributed by atoms with Crippen LogP contribution in [0.1, 0.15) is 37.8 Å². The maximum Gasteiger partial charge on any atom is 0.115 e. The molecule has 2 nitrogen and oxygen atoms in total. The lowest BCUT2D eigenvalue weighted by atomic mass is 10.0. The van der Waals surface area contributed by atoms with Crippen molar-refractivity contribution in [1.82, 2.24) is 0 Å². The van der Waals surface area contributed by atoms with E-state index in [1.807, 2.05) is 19.1 Å². The Morgan fingerprint density at radius 2 is 1.61 bits per heavy atom. The van der Waals surface area contributed by atoms with Crippen molar-refractivity contribution in [2.75, 3.05) is 12.0 Å². The molecule has 2 heteroatoms. The van der Waals surface area contributed by atoms with Gasteiger partial charge in [0, 0.05) is 16.8 Å². The molecule has 4 aromatic carbocycles. The molecule has 44 heavy (non-hydrogen) atoms. The van der Waals surface area contributed by atoms with Gasteiger partial charge in [0.25, 0.3) is 0 Å². The molecule has 4 aromatic rings. The Bertz CT molecular complexity index is 1740. The number of hydrogen-bond acceptors (Lipinski definition) is 2. The standard InChI is InChI=1S/C42H41NO/c1-4-15-40(44-3)32-33(2)16-7-5-8-17-34-26-29-39(30-27-34)43(42-25-14-22-37-20-11-12-24-41(37)42)38-23-13-21-36(28-31-38)35-18-9-6-10-19-35/h4,6-12,14-33H,5,13H2,1-3H3/b15-4-,16-7+,17-8+,40-32+. The quantitative estimate of drug-likeness (QED) is 0.100. The van der Waals surface area contributed by atoms with Crippen LogP contribution in [-0.2, 0) is 4.74 Å². The number of nitrogens with zero attached hydrogens (tertiary/aromatic N) is 1. The van der Waals surface area contributed by atoms with Crippen molar-refractivity contribution in [3.63, 3.8) is 0 Å². The summed E-state index contributed by atoms with van der Waals surface area (Å²) in [7, 11) is 1.71. The minimum absolute atomic E-state index is 0.306. The van der Waals surface area contributed by atoms with Crippen molar-refractivity contribution >= 4 is 33.8 Å². The zero-order valence-electron chi connectivity index (χ0n) is 25.9. The Hall–Kier alpha value is -5.08. The number of ether oxygens (including phenoxy) is 1. The molecule has 1 aliphatic carbocycles. The normalized spacial score (nSPS) is 14.7. The Labute approximate surface area is 263 Å². The second kappa shape index (κ2) is 15.4. The molecule has 0 saturated heterocycles. The first-order chi connectivity index (χ1) is 21.7. The highest BCUT2D eigenvalue weighted by Gasteiger charge is 2.16. The van der Waals surface area contributed by atoms with Crippen LogP contribution in [0.2, 0.25) is 0 Å². The van der Waals surface area contributed by atoms with E-state index in [2.05, 4.69) is 164 Å². The maximum atomic E-state index is 5.40. The fourth-order valence-electron chi connectivity index (χ4n) is 5.44. The van der Waals surface area contributed by atoms with E-state index in [1.165, 1.54) is 33.2 Å². The number of allylic oxidation sites excluding steroid dienone is 11. The van der Waals surface area contributed by atoms with Crippen LogP contribution in [0.3, 0.4) is 0 Å². The highest BCUT2D eigenvalue weighted by molar-refractivity contribution is 5.97. The summed E-state index contributed by atoms with van der Waals surface area (Å²) in [4.78, 5) is 2.38. The van der Waals surface area contributed by atoms with Gasteiger partial charge in [0.1, 0.15) is 5.76 Å². The van der Waals surface area contributed by atoms with Gasteiger partial charge in [-0.25, -0.2) is 0 Å². The fraction of sp³-hybridized carbons (Fsp3) is 0.143. The van der Waals surface area contributed by atoms with Crippen molar-refractivity contribution in [2.45, 2.75) is 26.7 Å². The minimum atomic E-state index is 0.306. The lowest BCUT2D eigenvalue weighted by molar-refractivity contribution is 0.304. The first kappa shape index (κ1) is 30.4. The van der Waals surface area contributed by atoms with Gasteiger partial charge in [-0.05, 0) is 84.2 Å². The molecule has 220 valence electrons. The number of hydrogen-bond donors (Lipinski definition) is 0. The highest BCUT2D eigenvalue weighted by atomic mass is 16.5. The molecule has 5 rings (SSSR count). The van der Waals surface area contributed by atoms with Crippen molar-refractivity contribution < 1.29 is 4.74 Å². The zero-order valence-corrected chi connectivity index (χ0v) is 25.9. The fourth-order valence-corrected chi connectivity index (χ4v) is 5.44. The van der Waals surface area contributed by atoms with Gasteiger partial charge < -0.3 is 9.64 Å². The smallest absolute Gasteiger partial charge is 0.115 e. The van der Waals surface area contributed by atoms with Gasteiger partial charge in [0.05, 0.1) is 12.8 Å². The molecular weight excluding hydrogens is 534 g/mol. The van der Waals surface area contributed by atoms with E-state index in [1.54, 1.807) is 7.11 Å². The maximum absolute atomic E-state index is 5.40. The average Bonchev–Trinajstić information content (AvgIpc) is 3.32. The van der Waals surface area contributed by atoms with Crippen molar-refractivity contribution in [1.29, 1.82) is 0 Å². The summed E-state index contributed by atoms with van der Waals surface area (Å²) in [5.74, 6) is 1.20. The molecule has 0 N–H and O–H groups in total. The summed E-state index contributed by atoms with van der Waals surface area (Å²) in [6, 6.07) is 34.6. The van der Waals surface area contributed by atoms with E-state index in [9.17, 15) is 0 Å². The Morgan fingerprint density at radius 3 is 2.41 bits per heavy atom. The van der Waals surface area contributed by atoms with Gasteiger partial charge in [-0.2, -0.15) is 0 Å². The topological polar surface area (TPSA) is 12.5 Å². The second-order valence-corrected chi connectivity index (χ2v) is 10.8. The van der Waals surface area contributed by atoms with Gasteiger partial charge in [0.15, 0.2) is 0 Å². The SMILES string of the molecule is C/C=C\C(=C/C(C)/C=C/C/C=C/c1ccc(N(C2=CCC=C(c3ccccc3)C=C2)c2cccc3ccccc23)cc1)OC. The summed E-state index contributed by atoms with van der Waals surface area (Å²) < 4.78 is 5.40. The zero-order chi connectivity index (χ0) is 30.6. The molecule has 1 aliphatic rings. The number of anilines is 2. The van der Waals surface area contributed by atoms with E-state index in [0.29, 0.717) is 5.92 Å². The van der Waals surface area contributed by atoms with Gasteiger partial charge in [-0.1, -0.05) is 134 Å². The van der Waals surface area contributed by atoms with Crippen LogP contribution < -0.4 is 4.90 Å². The first-order valence-corrected chi connectivity index (χ1v) is 15.4. The third-order valence-electron chi connectivity index (χ3n) is 7.64. The lowest BCUT2D eigenvalue weighted by Crippen LogP contribution is -2.15. The number of rotatable bonds is 11. The van der Waals surface area contributed by atoms with Crippen molar-refractivity contribution in [3.8, 4) is 0 Å². The molecular formula is C42H41NO. The molecule has 0 spiro atoms. The van der Waals surface area contributed by atoms with Gasteiger partial charge in [-0.3, -0.25) is 0 Å². The van der Waals surface area contributed by atoms with Crippen LogP contribution in [-0.4, -0.2) is 7.11 Å². The van der Waals surface area contributed by atoms with Crippen LogP contribution in [0.4, 0.5) is 11.4 Å². The predicted molar refractivity (Wildman–Crippen MR) is 191 cm³/mol. The lowest BCUT2D eigenvalue weighted by Gasteiger charge is -2.28. The molecule has 0 amide bonds. The van der Waals surface area contributed by atoms with E-state index in [-0.39, 0.29) is 0 Å². The Morgan fingerprint density at radius 1 is 0.841 bits per heavy atom. The van der Waals surface area contributed by atoms with Gasteiger partial charge in [-0.15, -0.1) is 0 Å². The number of benzene rings is 4.